The zero-order chi connectivity index (χ0) is 30.7. The van der Waals surface area contributed by atoms with Gasteiger partial charge in [-0.2, -0.15) is 0 Å². The molecule has 0 bridgehead atoms. The molecule has 3 heterocycles. The van der Waals surface area contributed by atoms with Gasteiger partial charge in [0.05, 0.1) is 25.0 Å². The molecule has 2 aliphatic heterocycles. The minimum Gasteiger partial charge on any atom is -0.490 e. The normalized spacial score (nSPS) is 18.5. The van der Waals surface area contributed by atoms with Gasteiger partial charge in [-0.3, -0.25) is 0 Å². The van der Waals surface area contributed by atoms with Crippen molar-refractivity contribution in [1.29, 1.82) is 0 Å². The van der Waals surface area contributed by atoms with E-state index in [2.05, 4.69) is 44.5 Å². The Hall–Kier alpha value is -4.34. The molecule has 1 aliphatic carbocycles. The van der Waals surface area contributed by atoms with Crippen molar-refractivity contribution in [3.05, 3.63) is 72.1 Å². The van der Waals surface area contributed by atoms with Crippen LogP contribution in [0.4, 0.5) is 15.5 Å². The maximum Gasteiger partial charge on any atom is 0.410 e. The molecule has 0 saturated carbocycles. The Kier molecular flexibility index (Phi) is 8.59. The summed E-state index contributed by atoms with van der Waals surface area (Å²) in [6.07, 6.45) is 5.26. The third-order valence-corrected chi connectivity index (χ3v) is 8.50. The van der Waals surface area contributed by atoms with Crippen molar-refractivity contribution in [3.63, 3.8) is 0 Å². The summed E-state index contributed by atoms with van der Waals surface area (Å²) in [6, 6.07) is 16.6. The molecule has 6 rings (SSSR count). The first-order chi connectivity index (χ1) is 21.2. The molecule has 3 aliphatic rings. The number of piperidine rings is 1. The van der Waals surface area contributed by atoms with Crippen molar-refractivity contribution in [1.82, 2.24) is 20.2 Å². The summed E-state index contributed by atoms with van der Waals surface area (Å²) in [5.74, 6) is 1.62. The fraction of sp³-hybridized carbons (Fsp3) is 0.471. The third kappa shape index (κ3) is 6.90. The van der Waals surface area contributed by atoms with E-state index < -0.39 is 11.7 Å². The molecule has 10 nitrogen and oxygen atoms in total. The minimum atomic E-state index is -0.488. The van der Waals surface area contributed by atoms with E-state index in [1.807, 2.05) is 45.0 Å². The summed E-state index contributed by atoms with van der Waals surface area (Å²) < 4.78 is 17.2. The average molecular weight is 600 g/mol. The zero-order valence-corrected chi connectivity index (χ0v) is 25.7. The van der Waals surface area contributed by atoms with E-state index in [-0.39, 0.29) is 18.1 Å². The number of carbonyl (C=O) groups is 2. The van der Waals surface area contributed by atoms with Gasteiger partial charge in [-0.1, -0.05) is 48.5 Å². The van der Waals surface area contributed by atoms with Gasteiger partial charge in [0.15, 0.2) is 5.75 Å². The van der Waals surface area contributed by atoms with E-state index in [0.29, 0.717) is 50.5 Å². The number of carbonyl (C=O) groups excluding carboxylic acids is 2. The number of hydrogen-bond acceptors (Lipinski definition) is 8. The van der Waals surface area contributed by atoms with Crippen LogP contribution in [0.1, 0.15) is 57.1 Å². The van der Waals surface area contributed by atoms with Gasteiger partial charge in [-0.15, -0.1) is 0 Å². The maximum atomic E-state index is 12.8. The van der Waals surface area contributed by atoms with Gasteiger partial charge < -0.3 is 29.3 Å². The molecular weight excluding hydrogens is 558 g/mol. The average Bonchev–Trinajstić information content (AvgIpc) is 3.61. The lowest BCUT2D eigenvalue weighted by molar-refractivity contribution is 0.0164. The van der Waals surface area contributed by atoms with Crippen LogP contribution in [-0.4, -0.2) is 78.1 Å². The number of benzene rings is 2. The highest BCUT2D eigenvalue weighted by Crippen LogP contribution is 2.44. The number of hydrogen-bond donors (Lipinski definition) is 1. The summed E-state index contributed by atoms with van der Waals surface area (Å²) in [7, 11) is 0. The molecule has 2 fully saturated rings. The van der Waals surface area contributed by atoms with Crippen LogP contribution in [0.15, 0.2) is 60.9 Å². The van der Waals surface area contributed by atoms with Crippen LogP contribution in [0.3, 0.4) is 0 Å². The fourth-order valence-corrected chi connectivity index (χ4v) is 6.24. The van der Waals surface area contributed by atoms with E-state index in [9.17, 15) is 9.59 Å². The molecule has 232 valence electrons. The molecule has 1 N–H and O–H groups in total. The number of aromatic nitrogens is 2. The smallest absolute Gasteiger partial charge is 0.410 e. The number of rotatable bonds is 7. The molecular formula is C34H41N5O5. The van der Waals surface area contributed by atoms with Crippen LogP contribution >= 0.6 is 0 Å². The minimum absolute atomic E-state index is 0.0346. The monoisotopic (exact) mass is 599 g/mol. The molecule has 1 atom stereocenters. The van der Waals surface area contributed by atoms with E-state index in [0.717, 1.165) is 25.8 Å². The first kappa shape index (κ1) is 29.7. The number of alkyl carbamates (subject to hydrolysis) is 1. The van der Waals surface area contributed by atoms with Crippen LogP contribution in [0.25, 0.3) is 11.1 Å². The summed E-state index contributed by atoms with van der Waals surface area (Å²) in [6.45, 7) is 9.17. The molecule has 44 heavy (non-hydrogen) atoms. The summed E-state index contributed by atoms with van der Waals surface area (Å²) in [4.78, 5) is 37.9. The lowest BCUT2D eigenvalue weighted by Crippen LogP contribution is -2.42. The van der Waals surface area contributed by atoms with Crippen molar-refractivity contribution in [2.45, 2.75) is 57.6 Å². The van der Waals surface area contributed by atoms with Crippen LogP contribution in [0, 0.1) is 5.92 Å². The Morgan fingerprint density at radius 3 is 2.16 bits per heavy atom. The quantitative estimate of drug-likeness (QED) is 0.373. The molecule has 1 aromatic heterocycles. The summed E-state index contributed by atoms with van der Waals surface area (Å²) >= 11 is 0. The lowest BCUT2D eigenvalue weighted by Gasteiger charge is -2.33. The Balaban J connectivity index is 0.926. The van der Waals surface area contributed by atoms with Crippen LogP contribution in [-0.2, 0) is 9.47 Å². The standard InChI is InChI=1S/C34H41N5O5/c1-34(2,3)44-33(41)38-15-12-23(13-16-38)21-42-25-18-35-31(36-19-25)39-17-14-24(20-39)37-32(40)43-22-30-28-10-6-4-8-26(28)27-9-5-7-11-29(27)30/h4-11,18-19,23-24,30H,12-17,20-22H2,1-3H3,(H,37,40). The maximum absolute atomic E-state index is 12.8. The van der Waals surface area contributed by atoms with Crippen LogP contribution < -0.4 is 15.0 Å². The molecule has 2 amide bonds. The highest BCUT2D eigenvalue weighted by molar-refractivity contribution is 5.79. The Bertz CT molecular complexity index is 1420. The number of nitrogens with one attached hydrogen (secondary N) is 1. The van der Waals surface area contributed by atoms with Crippen molar-refractivity contribution >= 4 is 18.1 Å². The van der Waals surface area contributed by atoms with E-state index in [1.165, 1.54) is 22.3 Å². The molecule has 0 spiro atoms. The number of anilines is 1. The Morgan fingerprint density at radius 2 is 1.52 bits per heavy atom. The van der Waals surface area contributed by atoms with E-state index in [4.69, 9.17) is 14.2 Å². The van der Waals surface area contributed by atoms with Crippen molar-refractivity contribution in [2.75, 3.05) is 44.3 Å². The van der Waals surface area contributed by atoms with Gasteiger partial charge in [0.1, 0.15) is 12.2 Å². The SMILES string of the molecule is CC(C)(C)OC(=O)N1CCC(COc2cnc(N3CCC(NC(=O)OCC4c5ccccc5-c5ccccc54)C3)nc2)CC1. The Morgan fingerprint density at radius 1 is 0.886 bits per heavy atom. The Labute approximate surface area is 258 Å². The number of amides is 2. The highest BCUT2D eigenvalue weighted by Gasteiger charge is 2.31. The first-order valence-corrected chi connectivity index (χ1v) is 15.5. The number of fused-ring (bicyclic) bond motifs is 3. The summed E-state index contributed by atoms with van der Waals surface area (Å²) in [5, 5.41) is 3.02. The first-order valence-electron chi connectivity index (χ1n) is 15.5. The second kappa shape index (κ2) is 12.7. The van der Waals surface area contributed by atoms with Gasteiger partial charge in [0.25, 0.3) is 0 Å². The van der Waals surface area contributed by atoms with Gasteiger partial charge >= 0.3 is 12.2 Å². The second-order valence-corrected chi connectivity index (χ2v) is 12.8. The van der Waals surface area contributed by atoms with Crippen molar-refractivity contribution in [2.24, 2.45) is 5.92 Å². The number of likely N-dealkylation sites (tertiary alicyclic amines) is 1. The topological polar surface area (TPSA) is 106 Å². The largest absolute Gasteiger partial charge is 0.490 e. The summed E-state index contributed by atoms with van der Waals surface area (Å²) in [5.41, 5.74) is 4.32. The lowest BCUT2D eigenvalue weighted by atomic mass is 9.98. The van der Waals surface area contributed by atoms with Crippen molar-refractivity contribution in [3.8, 4) is 16.9 Å². The van der Waals surface area contributed by atoms with Gasteiger partial charge in [0, 0.05) is 32.1 Å². The van der Waals surface area contributed by atoms with E-state index in [1.54, 1.807) is 17.3 Å². The van der Waals surface area contributed by atoms with Crippen molar-refractivity contribution < 1.29 is 23.8 Å². The predicted molar refractivity (Wildman–Crippen MR) is 167 cm³/mol. The number of nitrogens with zero attached hydrogens (tertiary/aromatic N) is 4. The third-order valence-electron chi connectivity index (χ3n) is 8.50. The number of ether oxygens (including phenoxy) is 3. The van der Waals surface area contributed by atoms with Gasteiger partial charge in [-0.05, 0) is 68.2 Å². The second-order valence-electron chi connectivity index (χ2n) is 12.8. The highest BCUT2D eigenvalue weighted by atomic mass is 16.6. The molecule has 1 unspecified atom stereocenters. The van der Waals surface area contributed by atoms with Crippen LogP contribution in [0.2, 0.25) is 0 Å². The molecule has 0 radical (unpaired) electrons. The zero-order valence-electron chi connectivity index (χ0n) is 25.7. The van der Waals surface area contributed by atoms with Crippen LogP contribution in [0.5, 0.6) is 5.75 Å². The predicted octanol–water partition coefficient (Wildman–Crippen LogP) is 5.62. The molecule has 3 aromatic rings. The van der Waals surface area contributed by atoms with Gasteiger partial charge in [0.2, 0.25) is 5.95 Å². The van der Waals surface area contributed by atoms with Gasteiger partial charge in [-0.25, -0.2) is 19.6 Å². The van der Waals surface area contributed by atoms with E-state index >= 15 is 0 Å². The molecule has 10 heteroatoms. The fourth-order valence-electron chi connectivity index (χ4n) is 6.24. The molecule has 2 saturated heterocycles. The molecule has 2 aromatic carbocycles.